The van der Waals surface area contributed by atoms with Crippen LogP contribution < -0.4 is 19.5 Å². The molecule has 0 spiro atoms. The number of hydrogen-bond acceptors (Lipinski definition) is 5. The van der Waals surface area contributed by atoms with Gasteiger partial charge in [0.1, 0.15) is 29.5 Å². The zero-order valence-corrected chi connectivity index (χ0v) is 17.7. The third-order valence-electron chi connectivity index (χ3n) is 4.44. The summed E-state index contributed by atoms with van der Waals surface area (Å²) in [6, 6.07) is 11.3. The summed E-state index contributed by atoms with van der Waals surface area (Å²) in [6.45, 7) is -0.108. The highest BCUT2D eigenvalue weighted by Gasteiger charge is 2.30. The number of aromatic nitrogens is 2. The largest absolute Gasteiger partial charge is 0.497 e. The van der Waals surface area contributed by atoms with E-state index in [0.29, 0.717) is 22.8 Å². The third kappa shape index (κ3) is 6.20. The summed E-state index contributed by atoms with van der Waals surface area (Å²) in [5.74, 6) is 6.12. The molecule has 0 atom stereocenters. The highest BCUT2D eigenvalue weighted by atomic mass is 19.4. The van der Waals surface area contributed by atoms with Gasteiger partial charge >= 0.3 is 6.18 Å². The Morgan fingerprint density at radius 1 is 1.06 bits per heavy atom. The second-order valence-electron chi connectivity index (χ2n) is 6.58. The van der Waals surface area contributed by atoms with Gasteiger partial charge in [-0.15, -0.1) is 0 Å². The number of ether oxygens (including phenoxy) is 3. The Bertz CT molecular complexity index is 1180. The quantitative estimate of drug-likeness (QED) is 0.523. The third-order valence-corrected chi connectivity index (χ3v) is 4.44. The molecule has 10 heteroatoms. The Labute approximate surface area is 187 Å². The minimum absolute atomic E-state index is 0.0155. The van der Waals surface area contributed by atoms with Gasteiger partial charge in [0.2, 0.25) is 0 Å². The number of hydrogen-bond donors (Lipinski definition) is 2. The number of carbonyl (C=O) groups is 1. The zero-order valence-electron chi connectivity index (χ0n) is 17.7. The van der Waals surface area contributed by atoms with Gasteiger partial charge < -0.3 is 19.5 Å². The van der Waals surface area contributed by atoms with Crippen LogP contribution in [-0.2, 0) is 6.18 Å². The second-order valence-corrected chi connectivity index (χ2v) is 6.58. The van der Waals surface area contributed by atoms with Crippen molar-refractivity contribution >= 4 is 5.91 Å². The molecular formula is C23H20F3N3O4. The molecule has 3 rings (SSSR count). The molecular weight excluding hydrogens is 439 g/mol. The van der Waals surface area contributed by atoms with Crippen LogP contribution in [-0.4, -0.2) is 43.5 Å². The number of aromatic amines is 1. The van der Waals surface area contributed by atoms with Crippen molar-refractivity contribution in [1.82, 2.24) is 15.5 Å². The average Bonchev–Trinajstić information content (AvgIpc) is 3.30. The topological polar surface area (TPSA) is 85.5 Å². The molecule has 0 unspecified atom stereocenters. The number of amides is 1. The maximum atomic E-state index is 12.7. The minimum atomic E-state index is -4.44. The normalized spacial score (nSPS) is 10.7. The first-order valence-electron chi connectivity index (χ1n) is 9.63. The maximum absolute atomic E-state index is 12.7. The standard InChI is InChI=1S/C23H20F3N3O4/c1-31-16-8-9-21(32-2)18(13-16)19-14-20(29-28-19)22(30)27-10-3-4-11-33-17-7-5-6-15(12-17)23(24,25)26/h5-9,12-14H,10-11H2,1-2H3,(H,27,30)(H,28,29). The molecule has 2 aromatic carbocycles. The van der Waals surface area contributed by atoms with Crippen LogP contribution in [0.25, 0.3) is 11.3 Å². The van der Waals surface area contributed by atoms with Gasteiger partial charge in [0, 0.05) is 5.56 Å². The number of carbonyl (C=O) groups excluding carboxylic acids is 1. The average molecular weight is 459 g/mol. The molecule has 3 aromatic rings. The van der Waals surface area contributed by atoms with Crippen molar-refractivity contribution in [3.05, 3.63) is 59.8 Å². The van der Waals surface area contributed by atoms with Crippen molar-refractivity contribution in [1.29, 1.82) is 0 Å². The molecule has 2 N–H and O–H groups in total. The van der Waals surface area contributed by atoms with Crippen LogP contribution in [0.3, 0.4) is 0 Å². The summed E-state index contributed by atoms with van der Waals surface area (Å²) < 4.78 is 53.8. The van der Waals surface area contributed by atoms with Crippen LogP contribution in [0.1, 0.15) is 16.1 Å². The summed E-state index contributed by atoms with van der Waals surface area (Å²) in [7, 11) is 3.07. The number of methoxy groups -OCH3 is 2. The fraction of sp³-hybridized carbons (Fsp3) is 0.217. The first-order chi connectivity index (χ1) is 15.8. The Balaban J connectivity index is 1.53. The smallest absolute Gasteiger partial charge is 0.416 e. The van der Waals surface area contributed by atoms with E-state index in [1.807, 2.05) is 0 Å². The molecule has 0 aliphatic carbocycles. The van der Waals surface area contributed by atoms with Crippen molar-refractivity contribution in [2.24, 2.45) is 0 Å². The summed E-state index contributed by atoms with van der Waals surface area (Å²) in [6.07, 6.45) is -4.44. The van der Waals surface area contributed by atoms with E-state index in [0.717, 1.165) is 12.1 Å². The fourth-order valence-electron chi connectivity index (χ4n) is 2.81. The monoisotopic (exact) mass is 459 g/mol. The highest BCUT2D eigenvalue weighted by molar-refractivity contribution is 5.93. The SMILES string of the molecule is COc1ccc(OC)c(-c2cc(C(=O)NCC#CCOc3cccc(C(F)(F)F)c3)[nH]n2)c1. The molecule has 0 saturated heterocycles. The molecule has 0 saturated carbocycles. The van der Waals surface area contributed by atoms with Gasteiger partial charge in [0.05, 0.1) is 32.0 Å². The molecule has 1 aromatic heterocycles. The summed E-state index contributed by atoms with van der Waals surface area (Å²) in [5, 5.41) is 9.41. The molecule has 0 bridgehead atoms. The van der Waals surface area contributed by atoms with Crippen molar-refractivity contribution < 1.29 is 32.2 Å². The molecule has 1 heterocycles. The van der Waals surface area contributed by atoms with E-state index in [1.54, 1.807) is 31.4 Å². The van der Waals surface area contributed by atoms with Gasteiger partial charge in [-0.2, -0.15) is 18.3 Å². The fourth-order valence-corrected chi connectivity index (χ4v) is 2.81. The lowest BCUT2D eigenvalue weighted by Crippen LogP contribution is -2.24. The van der Waals surface area contributed by atoms with E-state index in [1.165, 1.54) is 19.2 Å². The van der Waals surface area contributed by atoms with Gasteiger partial charge in [0.15, 0.2) is 0 Å². The second kappa shape index (κ2) is 10.5. The van der Waals surface area contributed by atoms with Crippen LogP contribution in [0.5, 0.6) is 17.2 Å². The van der Waals surface area contributed by atoms with Crippen molar-refractivity contribution in [2.45, 2.75) is 6.18 Å². The number of rotatable bonds is 7. The predicted molar refractivity (Wildman–Crippen MR) is 114 cm³/mol. The number of alkyl halides is 3. The maximum Gasteiger partial charge on any atom is 0.416 e. The lowest BCUT2D eigenvalue weighted by atomic mass is 10.1. The number of H-pyrrole nitrogens is 1. The number of benzene rings is 2. The molecule has 0 aliphatic heterocycles. The van der Waals surface area contributed by atoms with Gasteiger partial charge in [-0.05, 0) is 42.5 Å². The van der Waals surface area contributed by atoms with E-state index in [4.69, 9.17) is 14.2 Å². The van der Waals surface area contributed by atoms with E-state index in [2.05, 4.69) is 27.4 Å². The van der Waals surface area contributed by atoms with E-state index in [-0.39, 0.29) is 24.6 Å². The van der Waals surface area contributed by atoms with Gasteiger partial charge in [-0.3, -0.25) is 9.89 Å². The van der Waals surface area contributed by atoms with Gasteiger partial charge in [-0.25, -0.2) is 0 Å². The first-order valence-corrected chi connectivity index (χ1v) is 9.63. The van der Waals surface area contributed by atoms with Crippen LogP contribution in [0.4, 0.5) is 13.2 Å². The van der Waals surface area contributed by atoms with Crippen molar-refractivity contribution in [2.75, 3.05) is 27.4 Å². The van der Waals surface area contributed by atoms with Gasteiger partial charge in [0.25, 0.3) is 5.91 Å². The Morgan fingerprint density at radius 2 is 1.88 bits per heavy atom. The summed E-state index contributed by atoms with van der Waals surface area (Å²) in [4.78, 5) is 12.3. The lowest BCUT2D eigenvalue weighted by molar-refractivity contribution is -0.137. The van der Waals surface area contributed by atoms with E-state index >= 15 is 0 Å². The predicted octanol–water partition coefficient (Wildman–Crippen LogP) is 3.92. The van der Waals surface area contributed by atoms with Gasteiger partial charge in [-0.1, -0.05) is 17.9 Å². The Hall–Kier alpha value is -4.13. The minimum Gasteiger partial charge on any atom is -0.497 e. The van der Waals surface area contributed by atoms with Crippen LogP contribution >= 0.6 is 0 Å². The van der Waals surface area contributed by atoms with Crippen molar-refractivity contribution in [3.8, 4) is 40.3 Å². The Morgan fingerprint density at radius 3 is 2.61 bits per heavy atom. The molecule has 1 amide bonds. The molecule has 0 aliphatic rings. The van der Waals surface area contributed by atoms with Crippen LogP contribution in [0.15, 0.2) is 48.5 Å². The zero-order chi connectivity index (χ0) is 23.8. The number of halogens is 3. The van der Waals surface area contributed by atoms with E-state index < -0.39 is 17.6 Å². The summed E-state index contributed by atoms with van der Waals surface area (Å²) >= 11 is 0. The molecule has 0 fully saturated rings. The number of nitrogens with zero attached hydrogens (tertiary/aromatic N) is 1. The molecule has 33 heavy (non-hydrogen) atoms. The highest BCUT2D eigenvalue weighted by Crippen LogP contribution is 2.33. The van der Waals surface area contributed by atoms with E-state index in [9.17, 15) is 18.0 Å². The van der Waals surface area contributed by atoms with Crippen LogP contribution in [0.2, 0.25) is 0 Å². The first kappa shape index (κ1) is 23.5. The molecule has 172 valence electrons. The summed E-state index contributed by atoms with van der Waals surface area (Å²) in [5.41, 5.74) is 0.567. The molecule has 0 radical (unpaired) electrons. The van der Waals surface area contributed by atoms with Crippen molar-refractivity contribution in [3.63, 3.8) is 0 Å². The molecule has 7 nitrogen and oxygen atoms in total. The number of nitrogens with one attached hydrogen (secondary N) is 2. The Kier molecular flexibility index (Phi) is 7.46. The van der Waals surface area contributed by atoms with Crippen LogP contribution in [0, 0.1) is 11.8 Å². The lowest BCUT2D eigenvalue weighted by Gasteiger charge is -2.08.